The number of likely N-dealkylation sites (N-methyl/N-ethyl adjacent to an activating group) is 1. The number of carbonyl (C=O) groups is 1. The van der Waals surface area contributed by atoms with Gasteiger partial charge in [-0.1, -0.05) is 6.92 Å². The summed E-state index contributed by atoms with van der Waals surface area (Å²) >= 11 is 0. The molecule has 0 aromatic heterocycles. The molecule has 0 rings (SSSR count). The van der Waals surface area contributed by atoms with Crippen molar-refractivity contribution in [2.75, 3.05) is 20.2 Å². The summed E-state index contributed by atoms with van der Waals surface area (Å²) in [4.78, 5) is 14.4. The van der Waals surface area contributed by atoms with E-state index in [4.69, 9.17) is 4.74 Å². The third-order valence-corrected chi connectivity index (χ3v) is 3.51. The second-order valence-corrected chi connectivity index (χ2v) is 5.40. The lowest BCUT2D eigenvalue weighted by Crippen LogP contribution is -2.54. The van der Waals surface area contributed by atoms with Gasteiger partial charge in [0.1, 0.15) is 5.54 Å². The highest BCUT2D eigenvalue weighted by Crippen LogP contribution is 2.19. The number of ether oxygens (including phenoxy) is 1. The molecular weight excluding hydrogens is 228 g/mol. The summed E-state index contributed by atoms with van der Waals surface area (Å²) in [6.45, 7) is 13.4. The van der Waals surface area contributed by atoms with E-state index in [0.29, 0.717) is 18.7 Å². The molecule has 0 heterocycles. The average Bonchev–Trinajstić information content (AvgIpc) is 2.28. The number of nitrogens with zero attached hydrogens (tertiary/aromatic N) is 1. The van der Waals surface area contributed by atoms with Crippen LogP contribution >= 0.6 is 0 Å². The minimum absolute atomic E-state index is 0.157. The molecule has 0 saturated carbocycles. The summed E-state index contributed by atoms with van der Waals surface area (Å²) in [6.07, 6.45) is 0.744. The first-order chi connectivity index (χ1) is 8.28. The van der Waals surface area contributed by atoms with Crippen LogP contribution in [-0.2, 0) is 9.53 Å². The molecule has 0 saturated heterocycles. The highest BCUT2D eigenvalue weighted by molar-refractivity contribution is 5.80. The maximum absolute atomic E-state index is 12.1. The van der Waals surface area contributed by atoms with Crippen molar-refractivity contribution in [3.8, 4) is 0 Å². The number of hydrogen-bond donors (Lipinski definition) is 1. The van der Waals surface area contributed by atoms with Gasteiger partial charge in [-0.15, -0.1) is 0 Å². The Balaban J connectivity index is 4.74. The van der Waals surface area contributed by atoms with Crippen molar-refractivity contribution in [1.29, 1.82) is 0 Å². The molecule has 0 aliphatic heterocycles. The Bertz CT molecular complexity index is 256. The molecule has 2 unspecified atom stereocenters. The van der Waals surface area contributed by atoms with E-state index in [-0.39, 0.29) is 5.97 Å². The summed E-state index contributed by atoms with van der Waals surface area (Å²) in [6, 6.07) is 0.784. The molecule has 0 fully saturated rings. The molecule has 0 aliphatic carbocycles. The first-order valence-corrected chi connectivity index (χ1v) is 6.92. The molecule has 0 spiro atoms. The molecule has 0 radical (unpaired) electrons. The Morgan fingerprint density at radius 3 is 2.28 bits per heavy atom. The SMILES string of the molecule is CCNC(C)(CC(C)N(C)C(C)C)C(=O)OCC. The van der Waals surface area contributed by atoms with Crippen LogP contribution in [0.15, 0.2) is 0 Å². The summed E-state index contributed by atoms with van der Waals surface area (Å²) in [5, 5.41) is 3.27. The van der Waals surface area contributed by atoms with E-state index in [2.05, 4.69) is 38.0 Å². The van der Waals surface area contributed by atoms with Gasteiger partial charge >= 0.3 is 5.97 Å². The molecule has 0 aromatic carbocycles. The molecule has 2 atom stereocenters. The lowest BCUT2D eigenvalue weighted by molar-refractivity contribution is -0.151. The van der Waals surface area contributed by atoms with Gasteiger partial charge in [-0.25, -0.2) is 0 Å². The molecule has 0 amide bonds. The van der Waals surface area contributed by atoms with Gasteiger partial charge in [0.2, 0.25) is 0 Å². The van der Waals surface area contributed by atoms with Crippen LogP contribution in [0, 0.1) is 0 Å². The second kappa shape index (κ2) is 7.74. The quantitative estimate of drug-likeness (QED) is 0.677. The lowest BCUT2D eigenvalue weighted by atomic mass is 9.92. The fourth-order valence-corrected chi connectivity index (χ4v) is 2.15. The summed E-state index contributed by atoms with van der Waals surface area (Å²) < 4.78 is 5.18. The number of rotatable bonds is 8. The van der Waals surface area contributed by atoms with Crippen molar-refractivity contribution in [3.05, 3.63) is 0 Å². The van der Waals surface area contributed by atoms with Crippen molar-refractivity contribution in [1.82, 2.24) is 10.2 Å². The molecule has 4 nitrogen and oxygen atoms in total. The highest BCUT2D eigenvalue weighted by atomic mass is 16.5. The topological polar surface area (TPSA) is 41.6 Å². The second-order valence-electron chi connectivity index (χ2n) is 5.40. The van der Waals surface area contributed by atoms with Gasteiger partial charge < -0.3 is 15.0 Å². The monoisotopic (exact) mass is 258 g/mol. The van der Waals surface area contributed by atoms with E-state index in [1.165, 1.54) is 0 Å². The van der Waals surface area contributed by atoms with E-state index in [1.54, 1.807) is 0 Å². The van der Waals surface area contributed by atoms with Gasteiger partial charge in [0.15, 0.2) is 0 Å². The fourth-order valence-electron chi connectivity index (χ4n) is 2.15. The normalized spacial score (nSPS) is 16.7. The molecule has 0 aromatic rings. The summed E-state index contributed by atoms with van der Waals surface area (Å²) in [5.74, 6) is -0.157. The van der Waals surface area contributed by atoms with E-state index in [0.717, 1.165) is 13.0 Å². The van der Waals surface area contributed by atoms with Crippen LogP contribution in [0.5, 0.6) is 0 Å². The van der Waals surface area contributed by atoms with Crippen LogP contribution in [0.3, 0.4) is 0 Å². The number of nitrogens with one attached hydrogen (secondary N) is 1. The van der Waals surface area contributed by atoms with Gasteiger partial charge in [-0.05, 0) is 54.6 Å². The third-order valence-electron chi connectivity index (χ3n) is 3.51. The van der Waals surface area contributed by atoms with E-state index < -0.39 is 5.54 Å². The van der Waals surface area contributed by atoms with Crippen molar-refractivity contribution < 1.29 is 9.53 Å². The van der Waals surface area contributed by atoms with Crippen molar-refractivity contribution in [2.24, 2.45) is 0 Å². The van der Waals surface area contributed by atoms with Crippen LogP contribution in [-0.4, -0.2) is 48.7 Å². The highest BCUT2D eigenvalue weighted by Gasteiger charge is 2.36. The first kappa shape index (κ1) is 17.4. The minimum atomic E-state index is -0.604. The van der Waals surface area contributed by atoms with Gasteiger partial charge in [-0.2, -0.15) is 0 Å². The molecule has 0 bridgehead atoms. The molecule has 18 heavy (non-hydrogen) atoms. The smallest absolute Gasteiger partial charge is 0.326 e. The summed E-state index contributed by atoms with van der Waals surface area (Å²) in [5.41, 5.74) is -0.604. The molecule has 1 N–H and O–H groups in total. The van der Waals surface area contributed by atoms with Crippen molar-refractivity contribution in [2.45, 2.75) is 65.6 Å². The molecule has 0 aliphatic rings. The standard InChI is InChI=1S/C14H30N2O2/c1-8-15-14(6,13(17)18-9-2)10-12(5)16(7)11(3)4/h11-12,15H,8-10H2,1-7H3. The number of esters is 1. The fraction of sp³-hybridized carbons (Fsp3) is 0.929. The Kier molecular flexibility index (Phi) is 7.48. The Hall–Kier alpha value is -0.610. The maximum atomic E-state index is 12.1. The van der Waals surface area contributed by atoms with Crippen molar-refractivity contribution in [3.63, 3.8) is 0 Å². The van der Waals surface area contributed by atoms with Crippen LogP contribution in [0.4, 0.5) is 0 Å². The van der Waals surface area contributed by atoms with Gasteiger partial charge in [0.25, 0.3) is 0 Å². The van der Waals surface area contributed by atoms with Gasteiger partial charge in [-0.3, -0.25) is 4.79 Å². The number of carbonyl (C=O) groups excluding carboxylic acids is 1. The largest absolute Gasteiger partial charge is 0.465 e. The van der Waals surface area contributed by atoms with E-state index in [9.17, 15) is 4.79 Å². The average molecular weight is 258 g/mol. The van der Waals surface area contributed by atoms with Crippen LogP contribution in [0.1, 0.15) is 48.0 Å². The van der Waals surface area contributed by atoms with E-state index in [1.807, 2.05) is 20.8 Å². The zero-order chi connectivity index (χ0) is 14.3. The maximum Gasteiger partial charge on any atom is 0.326 e. The zero-order valence-corrected chi connectivity index (χ0v) is 13.0. The number of hydrogen-bond acceptors (Lipinski definition) is 4. The molecular formula is C14H30N2O2. The summed E-state index contributed by atoms with van der Waals surface area (Å²) in [7, 11) is 2.09. The Morgan fingerprint density at radius 2 is 1.89 bits per heavy atom. The van der Waals surface area contributed by atoms with E-state index >= 15 is 0 Å². The van der Waals surface area contributed by atoms with Gasteiger partial charge in [0, 0.05) is 12.1 Å². The van der Waals surface area contributed by atoms with Crippen LogP contribution < -0.4 is 5.32 Å². The molecule has 108 valence electrons. The lowest BCUT2D eigenvalue weighted by Gasteiger charge is -2.36. The van der Waals surface area contributed by atoms with Crippen LogP contribution in [0.2, 0.25) is 0 Å². The predicted octanol–water partition coefficient (Wildman–Crippen LogP) is 2.04. The zero-order valence-electron chi connectivity index (χ0n) is 13.0. The van der Waals surface area contributed by atoms with Crippen LogP contribution in [0.25, 0.3) is 0 Å². The third kappa shape index (κ3) is 4.94. The van der Waals surface area contributed by atoms with Gasteiger partial charge in [0.05, 0.1) is 6.61 Å². The Labute approximate surface area is 112 Å². The predicted molar refractivity (Wildman–Crippen MR) is 75.7 cm³/mol. The molecule has 4 heteroatoms. The Morgan fingerprint density at radius 1 is 1.33 bits per heavy atom. The first-order valence-electron chi connectivity index (χ1n) is 6.92. The van der Waals surface area contributed by atoms with Crippen molar-refractivity contribution >= 4 is 5.97 Å². The minimum Gasteiger partial charge on any atom is -0.465 e.